The van der Waals surface area contributed by atoms with Crippen molar-refractivity contribution in [3.63, 3.8) is 0 Å². The number of hydrogen-bond acceptors (Lipinski definition) is 2. The molecule has 3 nitrogen and oxygen atoms in total. The zero-order valence-electron chi connectivity index (χ0n) is 6.99. The number of nitrogens with one attached hydrogen (secondary N) is 2. The number of aromatic nitrogens is 1. The monoisotopic (exact) mass is 152 g/mol. The Hall–Kier alpha value is -1.25. The average molecular weight is 152 g/mol. The first-order chi connectivity index (χ1) is 5.15. The third-order valence-corrected chi connectivity index (χ3v) is 1.77. The van der Waals surface area contributed by atoms with Gasteiger partial charge in [0, 0.05) is 12.7 Å². The minimum absolute atomic E-state index is 0.0596. The van der Waals surface area contributed by atoms with Gasteiger partial charge in [0.1, 0.15) is 5.69 Å². The fourth-order valence-corrected chi connectivity index (χ4v) is 0.912. The van der Waals surface area contributed by atoms with Gasteiger partial charge in [-0.1, -0.05) is 0 Å². The van der Waals surface area contributed by atoms with Crippen LogP contribution >= 0.6 is 0 Å². The molecule has 0 saturated carbocycles. The number of pyridine rings is 1. The van der Waals surface area contributed by atoms with Gasteiger partial charge in [-0.05, 0) is 25.5 Å². The molecule has 11 heavy (non-hydrogen) atoms. The molecule has 0 radical (unpaired) electrons. The molecule has 0 bridgehead atoms. The zero-order chi connectivity index (χ0) is 8.43. The lowest BCUT2D eigenvalue weighted by atomic mass is 10.2. The fraction of sp³-hybridized carbons (Fsp3) is 0.375. The molecule has 0 fully saturated rings. The van der Waals surface area contributed by atoms with Gasteiger partial charge in [0.05, 0.1) is 0 Å². The van der Waals surface area contributed by atoms with Crippen LogP contribution in [0.1, 0.15) is 11.3 Å². The van der Waals surface area contributed by atoms with Crippen LogP contribution in [0.5, 0.6) is 0 Å². The van der Waals surface area contributed by atoms with E-state index in [0.29, 0.717) is 5.69 Å². The van der Waals surface area contributed by atoms with E-state index in [1.807, 2.05) is 19.9 Å². The molecule has 0 amide bonds. The molecule has 1 aromatic rings. The van der Waals surface area contributed by atoms with Crippen LogP contribution in [0.3, 0.4) is 0 Å². The summed E-state index contributed by atoms with van der Waals surface area (Å²) in [5.41, 5.74) is 2.58. The van der Waals surface area contributed by atoms with Crippen molar-refractivity contribution in [2.45, 2.75) is 13.8 Å². The largest absolute Gasteiger partial charge is 0.384 e. The molecule has 0 spiro atoms. The number of aromatic amines is 1. The molecule has 0 atom stereocenters. The third-order valence-electron chi connectivity index (χ3n) is 1.77. The zero-order valence-corrected chi connectivity index (χ0v) is 6.99. The predicted molar refractivity (Wildman–Crippen MR) is 46.1 cm³/mol. The first-order valence-electron chi connectivity index (χ1n) is 3.53. The fourth-order valence-electron chi connectivity index (χ4n) is 0.912. The maximum absolute atomic E-state index is 11.1. The van der Waals surface area contributed by atoms with Crippen LogP contribution in [0.2, 0.25) is 0 Å². The molecule has 0 unspecified atom stereocenters. The van der Waals surface area contributed by atoms with Crippen LogP contribution in [-0.2, 0) is 0 Å². The third kappa shape index (κ3) is 1.42. The second-order valence-electron chi connectivity index (χ2n) is 2.57. The lowest BCUT2D eigenvalue weighted by molar-refractivity contribution is 1.10. The lowest BCUT2D eigenvalue weighted by Gasteiger charge is -2.02. The van der Waals surface area contributed by atoms with E-state index in [2.05, 4.69) is 10.3 Å². The molecule has 1 aromatic heterocycles. The number of H-pyrrole nitrogens is 1. The van der Waals surface area contributed by atoms with E-state index in [4.69, 9.17) is 0 Å². The van der Waals surface area contributed by atoms with E-state index in [1.54, 1.807) is 7.05 Å². The van der Waals surface area contributed by atoms with Crippen molar-refractivity contribution >= 4 is 5.69 Å². The Morgan fingerprint density at radius 1 is 1.45 bits per heavy atom. The van der Waals surface area contributed by atoms with Crippen LogP contribution in [-0.4, -0.2) is 12.0 Å². The van der Waals surface area contributed by atoms with Crippen molar-refractivity contribution in [2.75, 3.05) is 12.4 Å². The molecule has 0 aliphatic rings. The first-order valence-corrected chi connectivity index (χ1v) is 3.53. The minimum atomic E-state index is -0.0596. The summed E-state index contributed by atoms with van der Waals surface area (Å²) in [6.07, 6.45) is 0. The Balaban J connectivity index is 3.32. The van der Waals surface area contributed by atoms with Crippen molar-refractivity contribution < 1.29 is 0 Å². The van der Waals surface area contributed by atoms with Crippen LogP contribution in [0.15, 0.2) is 10.9 Å². The maximum Gasteiger partial charge on any atom is 0.271 e. The van der Waals surface area contributed by atoms with Crippen molar-refractivity contribution in [3.05, 3.63) is 27.7 Å². The summed E-state index contributed by atoms with van der Waals surface area (Å²) >= 11 is 0. The van der Waals surface area contributed by atoms with Crippen molar-refractivity contribution in [2.24, 2.45) is 0 Å². The van der Waals surface area contributed by atoms with Gasteiger partial charge in [0.2, 0.25) is 0 Å². The van der Waals surface area contributed by atoms with Gasteiger partial charge < -0.3 is 10.3 Å². The summed E-state index contributed by atoms with van der Waals surface area (Å²) in [6, 6.07) is 1.84. The molecule has 1 heterocycles. The topological polar surface area (TPSA) is 44.9 Å². The number of hydrogen-bond donors (Lipinski definition) is 2. The Labute approximate surface area is 65.5 Å². The van der Waals surface area contributed by atoms with Crippen molar-refractivity contribution in [1.29, 1.82) is 0 Å². The summed E-state index contributed by atoms with van der Waals surface area (Å²) in [6.45, 7) is 3.85. The van der Waals surface area contributed by atoms with Gasteiger partial charge in [0.25, 0.3) is 5.56 Å². The second kappa shape index (κ2) is 2.78. The summed E-state index contributed by atoms with van der Waals surface area (Å²) in [7, 11) is 1.74. The highest BCUT2D eigenvalue weighted by Gasteiger charge is 1.98. The van der Waals surface area contributed by atoms with E-state index in [1.165, 1.54) is 0 Å². The van der Waals surface area contributed by atoms with Gasteiger partial charge >= 0.3 is 0 Å². The number of aryl methyl sites for hydroxylation is 2. The van der Waals surface area contributed by atoms with E-state index >= 15 is 0 Å². The van der Waals surface area contributed by atoms with E-state index in [0.717, 1.165) is 11.3 Å². The highest BCUT2D eigenvalue weighted by molar-refractivity contribution is 5.43. The number of anilines is 1. The molecular formula is C8H12N2O. The standard InChI is InChI=1S/C8H12N2O/c1-5-4-7(9-3)8(11)10-6(5)2/h4,9H,1-3H3,(H,10,11). The Bertz CT molecular complexity index is 314. The first kappa shape index (κ1) is 7.85. The maximum atomic E-state index is 11.1. The van der Waals surface area contributed by atoms with E-state index in [-0.39, 0.29) is 5.56 Å². The smallest absolute Gasteiger partial charge is 0.271 e. The highest BCUT2D eigenvalue weighted by atomic mass is 16.1. The summed E-state index contributed by atoms with van der Waals surface area (Å²) < 4.78 is 0. The molecule has 2 N–H and O–H groups in total. The number of rotatable bonds is 1. The second-order valence-corrected chi connectivity index (χ2v) is 2.57. The Morgan fingerprint density at radius 2 is 2.09 bits per heavy atom. The summed E-state index contributed by atoms with van der Waals surface area (Å²) in [5.74, 6) is 0. The molecule has 60 valence electrons. The van der Waals surface area contributed by atoms with Crippen LogP contribution in [0.4, 0.5) is 5.69 Å². The minimum Gasteiger partial charge on any atom is -0.384 e. The summed E-state index contributed by atoms with van der Waals surface area (Å²) in [4.78, 5) is 13.8. The molecule has 0 aromatic carbocycles. The van der Waals surface area contributed by atoms with Gasteiger partial charge in [-0.15, -0.1) is 0 Å². The van der Waals surface area contributed by atoms with Gasteiger partial charge in [-0.3, -0.25) is 4.79 Å². The normalized spacial score (nSPS) is 9.73. The summed E-state index contributed by atoms with van der Waals surface area (Å²) in [5, 5.41) is 2.82. The predicted octanol–water partition coefficient (Wildman–Crippen LogP) is 1.03. The molecule has 3 heteroatoms. The van der Waals surface area contributed by atoms with E-state index < -0.39 is 0 Å². The van der Waals surface area contributed by atoms with Crippen molar-refractivity contribution in [3.8, 4) is 0 Å². The quantitative estimate of drug-likeness (QED) is 0.631. The molecule has 0 saturated heterocycles. The lowest BCUT2D eigenvalue weighted by Crippen LogP contribution is -2.13. The molecule has 0 aliphatic heterocycles. The highest BCUT2D eigenvalue weighted by Crippen LogP contribution is 2.04. The molecule has 1 rings (SSSR count). The average Bonchev–Trinajstić information content (AvgIpc) is 1.97. The van der Waals surface area contributed by atoms with Crippen LogP contribution in [0.25, 0.3) is 0 Å². The SMILES string of the molecule is CNc1cc(C)c(C)[nH]c1=O. The van der Waals surface area contributed by atoms with Crippen LogP contribution < -0.4 is 10.9 Å². The Kier molecular flexibility index (Phi) is 1.98. The van der Waals surface area contributed by atoms with Gasteiger partial charge in [-0.2, -0.15) is 0 Å². The Morgan fingerprint density at radius 3 is 2.64 bits per heavy atom. The van der Waals surface area contributed by atoms with Gasteiger partial charge in [0.15, 0.2) is 0 Å². The van der Waals surface area contributed by atoms with E-state index in [9.17, 15) is 4.79 Å². The molecular weight excluding hydrogens is 140 g/mol. The van der Waals surface area contributed by atoms with Gasteiger partial charge in [-0.25, -0.2) is 0 Å². The molecule has 0 aliphatic carbocycles. The van der Waals surface area contributed by atoms with Crippen molar-refractivity contribution in [1.82, 2.24) is 4.98 Å². The van der Waals surface area contributed by atoms with Crippen LogP contribution in [0, 0.1) is 13.8 Å².